The molecular formula is C18H15N3O5S2. The molecule has 0 N–H and O–H groups in total. The quantitative estimate of drug-likeness (QED) is 0.295. The summed E-state index contributed by atoms with van der Waals surface area (Å²) >= 11 is 6.36. The van der Waals surface area contributed by atoms with Crippen molar-refractivity contribution in [3.63, 3.8) is 0 Å². The number of hydrogen-bond donors (Lipinski definition) is 0. The minimum atomic E-state index is -0.449. The second-order valence-electron chi connectivity index (χ2n) is 5.63. The summed E-state index contributed by atoms with van der Waals surface area (Å²) in [6.07, 6.45) is 1.53. The fraction of sp³-hybridized carbons (Fsp3) is 0.167. The summed E-state index contributed by atoms with van der Waals surface area (Å²) in [7, 11) is 1.52. The number of methoxy groups -OCH3 is 1. The van der Waals surface area contributed by atoms with Crippen molar-refractivity contribution < 1.29 is 19.2 Å². The Bertz CT molecular complexity index is 931. The van der Waals surface area contributed by atoms with Crippen molar-refractivity contribution in [1.82, 2.24) is 5.01 Å². The lowest BCUT2D eigenvalue weighted by Gasteiger charge is -2.12. The molecule has 1 saturated heterocycles. The van der Waals surface area contributed by atoms with Crippen LogP contribution < -0.4 is 9.47 Å². The lowest BCUT2D eigenvalue weighted by molar-refractivity contribution is -0.384. The predicted molar refractivity (Wildman–Crippen MR) is 110 cm³/mol. The van der Waals surface area contributed by atoms with Gasteiger partial charge in [-0.2, -0.15) is 10.1 Å². The topological polar surface area (TPSA) is 94.3 Å². The van der Waals surface area contributed by atoms with E-state index in [0.29, 0.717) is 27.1 Å². The molecule has 0 spiro atoms. The molecule has 2 aromatic carbocycles. The Hall–Kier alpha value is -2.98. The highest BCUT2D eigenvalue weighted by molar-refractivity contribution is 8.23. The van der Waals surface area contributed by atoms with Gasteiger partial charge in [0.2, 0.25) is 0 Å². The standard InChI is InChI=1S/C18H15N3O5S2/c1-25-16-8-13(9-19-20-17(22)11-28-18(20)27)4-7-15(16)26-10-12-2-5-14(6-3-12)21(23)24/h2-9H,10-11H2,1H3/b19-9-. The number of rotatable bonds is 7. The number of benzene rings is 2. The zero-order chi connectivity index (χ0) is 20.1. The summed E-state index contributed by atoms with van der Waals surface area (Å²) in [4.78, 5) is 21.9. The number of nitro groups is 1. The average Bonchev–Trinajstić information content (AvgIpc) is 3.02. The van der Waals surface area contributed by atoms with E-state index >= 15 is 0 Å². The van der Waals surface area contributed by atoms with Gasteiger partial charge in [-0.3, -0.25) is 14.9 Å². The molecular weight excluding hydrogens is 402 g/mol. The molecule has 0 aromatic heterocycles. The van der Waals surface area contributed by atoms with E-state index in [-0.39, 0.29) is 18.2 Å². The summed E-state index contributed by atoms with van der Waals surface area (Å²) in [5, 5.41) is 16.0. The summed E-state index contributed by atoms with van der Waals surface area (Å²) in [5.74, 6) is 1.16. The number of amides is 1. The first-order valence-corrected chi connectivity index (χ1v) is 9.45. The normalized spacial score (nSPS) is 14.0. The van der Waals surface area contributed by atoms with Crippen LogP contribution in [0.5, 0.6) is 11.5 Å². The fourth-order valence-corrected chi connectivity index (χ4v) is 3.31. The molecule has 3 rings (SSSR count). The van der Waals surface area contributed by atoms with E-state index in [2.05, 4.69) is 5.10 Å². The molecule has 0 unspecified atom stereocenters. The molecule has 144 valence electrons. The zero-order valence-electron chi connectivity index (χ0n) is 14.7. The van der Waals surface area contributed by atoms with E-state index in [4.69, 9.17) is 21.7 Å². The van der Waals surface area contributed by atoms with Crippen LogP contribution in [0.25, 0.3) is 0 Å². The summed E-state index contributed by atoms with van der Waals surface area (Å²) < 4.78 is 11.5. The Morgan fingerprint density at radius 2 is 2.04 bits per heavy atom. The van der Waals surface area contributed by atoms with Crippen LogP contribution in [-0.4, -0.2) is 39.2 Å². The van der Waals surface area contributed by atoms with E-state index in [0.717, 1.165) is 5.56 Å². The highest BCUT2D eigenvalue weighted by Crippen LogP contribution is 2.29. The van der Waals surface area contributed by atoms with Crippen molar-refractivity contribution in [2.75, 3.05) is 12.9 Å². The third-order valence-corrected chi connectivity index (χ3v) is 5.12. The number of carbonyl (C=O) groups excluding carboxylic acids is 1. The molecule has 28 heavy (non-hydrogen) atoms. The van der Waals surface area contributed by atoms with Crippen LogP contribution in [0.15, 0.2) is 47.6 Å². The number of thiocarbonyl (C=S) groups is 1. The zero-order valence-corrected chi connectivity index (χ0v) is 16.4. The summed E-state index contributed by atoms with van der Waals surface area (Å²) in [6, 6.07) is 11.4. The maximum absolute atomic E-state index is 11.7. The number of carbonyl (C=O) groups is 1. The molecule has 0 saturated carbocycles. The molecule has 0 aliphatic carbocycles. The molecule has 1 aliphatic heterocycles. The molecule has 0 atom stereocenters. The van der Waals surface area contributed by atoms with Gasteiger partial charge in [-0.05, 0) is 41.5 Å². The fourth-order valence-electron chi connectivity index (χ4n) is 2.34. The monoisotopic (exact) mass is 417 g/mol. The van der Waals surface area contributed by atoms with Gasteiger partial charge >= 0.3 is 0 Å². The van der Waals surface area contributed by atoms with Crippen LogP contribution >= 0.6 is 24.0 Å². The average molecular weight is 417 g/mol. The molecule has 0 bridgehead atoms. The first kappa shape index (κ1) is 19.8. The van der Waals surface area contributed by atoms with Gasteiger partial charge in [-0.25, -0.2) is 0 Å². The highest BCUT2D eigenvalue weighted by Gasteiger charge is 2.25. The van der Waals surface area contributed by atoms with Crippen LogP contribution in [-0.2, 0) is 11.4 Å². The Morgan fingerprint density at radius 1 is 1.29 bits per heavy atom. The molecule has 10 heteroatoms. The minimum Gasteiger partial charge on any atom is -0.493 e. The molecule has 2 aromatic rings. The lowest BCUT2D eigenvalue weighted by atomic mass is 10.2. The molecule has 8 nitrogen and oxygen atoms in total. The Kier molecular flexibility index (Phi) is 6.22. The van der Waals surface area contributed by atoms with E-state index < -0.39 is 4.92 Å². The Balaban J connectivity index is 1.68. The first-order chi connectivity index (χ1) is 13.5. The maximum atomic E-state index is 11.7. The first-order valence-electron chi connectivity index (χ1n) is 8.06. The number of hydrogen-bond acceptors (Lipinski definition) is 8. The van der Waals surface area contributed by atoms with Gasteiger partial charge in [-0.15, -0.1) is 0 Å². The van der Waals surface area contributed by atoms with Crippen molar-refractivity contribution in [2.45, 2.75) is 6.61 Å². The van der Waals surface area contributed by atoms with Gasteiger partial charge in [0.15, 0.2) is 15.8 Å². The maximum Gasteiger partial charge on any atom is 0.269 e. The van der Waals surface area contributed by atoms with Crippen molar-refractivity contribution in [1.29, 1.82) is 0 Å². The van der Waals surface area contributed by atoms with Gasteiger partial charge in [0.05, 0.1) is 24.0 Å². The second-order valence-corrected chi connectivity index (χ2v) is 7.24. The number of ether oxygens (including phenoxy) is 2. The Morgan fingerprint density at radius 3 is 2.64 bits per heavy atom. The van der Waals surface area contributed by atoms with Gasteiger partial charge in [0.25, 0.3) is 11.6 Å². The van der Waals surface area contributed by atoms with Gasteiger partial charge < -0.3 is 9.47 Å². The predicted octanol–water partition coefficient (Wildman–Crippen LogP) is 3.38. The largest absolute Gasteiger partial charge is 0.493 e. The lowest BCUT2D eigenvalue weighted by Crippen LogP contribution is -2.22. The number of non-ortho nitro benzene ring substituents is 1. The number of nitro benzene ring substituents is 1. The summed E-state index contributed by atoms with van der Waals surface area (Å²) in [5.41, 5.74) is 1.53. The Labute approximate surface area is 170 Å². The number of nitrogens with zero attached hydrogens (tertiary/aromatic N) is 3. The molecule has 1 aliphatic rings. The van der Waals surface area contributed by atoms with Crippen LogP contribution in [0.4, 0.5) is 5.69 Å². The summed E-state index contributed by atoms with van der Waals surface area (Å²) in [6.45, 7) is 0.232. The molecule has 1 fully saturated rings. The number of thioether (sulfide) groups is 1. The van der Waals surface area contributed by atoms with E-state index in [9.17, 15) is 14.9 Å². The third-order valence-electron chi connectivity index (χ3n) is 3.78. The van der Waals surface area contributed by atoms with Gasteiger partial charge in [0.1, 0.15) is 6.61 Å². The van der Waals surface area contributed by atoms with Crippen molar-refractivity contribution in [3.05, 3.63) is 63.7 Å². The van der Waals surface area contributed by atoms with Gasteiger partial charge in [-0.1, -0.05) is 24.0 Å². The van der Waals surface area contributed by atoms with Crippen molar-refractivity contribution >= 4 is 46.1 Å². The minimum absolute atomic E-state index is 0.0272. The van der Waals surface area contributed by atoms with Crippen LogP contribution in [0.3, 0.4) is 0 Å². The van der Waals surface area contributed by atoms with Crippen molar-refractivity contribution in [3.8, 4) is 11.5 Å². The third kappa shape index (κ3) is 4.65. The van der Waals surface area contributed by atoms with E-state index in [1.54, 1.807) is 30.3 Å². The second kappa shape index (κ2) is 8.81. The molecule has 1 heterocycles. The van der Waals surface area contributed by atoms with Crippen LogP contribution in [0, 0.1) is 10.1 Å². The van der Waals surface area contributed by atoms with E-state index in [1.165, 1.54) is 42.2 Å². The number of hydrazone groups is 1. The van der Waals surface area contributed by atoms with Crippen molar-refractivity contribution in [2.24, 2.45) is 5.10 Å². The van der Waals surface area contributed by atoms with Crippen LogP contribution in [0.1, 0.15) is 11.1 Å². The smallest absolute Gasteiger partial charge is 0.269 e. The van der Waals surface area contributed by atoms with E-state index in [1.807, 2.05) is 0 Å². The molecule has 1 amide bonds. The van der Waals surface area contributed by atoms with Gasteiger partial charge in [0, 0.05) is 12.1 Å². The SMILES string of the molecule is COc1cc(/C=N\N2C(=O)CSC2=S)ccc1OCc1ccc([N+](=O)[O-])cc1. The van der Waals surface area contributed by atoms with Crippen LogP contribution in [0.2, 0.25) is 0 Å². The highest BCUT2D eigenvalue weighted by atomic mass is 32.2. The molecule has 0 radical (unpaired) electrons.